The van der Waals surface area contributed by atoms with Gasteiger partial charge in [0.25, 0.3) is 0 Å². The predicted molar refractivity (Wildman–Crippen MR) is 70.5 cm³/mol. The van der Waals surface area contributed by atoms with Gasteiger partial charge in [-0.05, 0) is 50.0 Å². The first-order valence-electron chi connectivity index (χ1n) is 7.44. The summed E-state index contributed by atoms with van der Waals surface area (Å²) in [6.07, 6.45) is 10.1. The Bertz CT molecular complexity index is 215. The quantitative estimate of drug-likeness (QED) is 0.763. The Morgan fingerprint density at radius 2 is 2.06 bits per heavy atom. The van der Waals surface area contributed by atoms with E-state index >= 15 is 0 Å². The van der Waals surface area contributed by atoms with Crippen LogP contribution < -0.4 is 5.32 Å². The van der Waals surface area contributed by atoms with Crippen molar-refractivity contribution < 1.29 is 0 Å². The van der Waals surface area contributed by atoms with Gasteiger partial charge in [0.1, 0.15) is 0 Å². The summed E-state index contributed by atoms with van der Waals surface area (Å²) < 4.78 is 0. The summed E-state index contributed by atoms with van der Waals surface area (Å²) in [6.45, 7) is 8.48. The van der Waals surface area contributed by atoms with Crippen molar-refractivity contribution in [3.8, 4) is 0 Å². The van der Waals surface area contributed by atoms with Crippen LogP contribution in [0.2, 0.25) is 0 Å². The van der Waals surface area contributed by atoms with E-state index in [-0.39, 0.29) is 0 Å². The maximum Gasteiger partial charge on any atom is 0.0233 e. The monoisotopic (exact) mass is 223 g/mol. The molecule has 0 bridgehead atoms. The van der Waals surface area contributed by atoms with Gasteiger partial charge in [0, 0.05) is 5.54 Å². The molecule has 1 aliphatic carbocycles. The molecule has 1 nitrogen and oxygen atoms in total. The molecule has 1 saturated heterocycles. The normalized spacial score (nSPS) is 40.5. The Balaban J connectivity index is 2.08. The molecule has 3 atom stereocenters. The highest BCUT2D eigenvalue weighted by Gasteiger charge is 2.44. The molecule has 1 aliphatic heterocycles. The van der Waals surface area contributed by atoms with E-state index in [9.17, 15) is 0 Å². The van der Waals surface area contributed by atoms with Gasteiger partial charge in [0.15, 0.2) is 0 Å². The molecule has 2 aliphatic rings. The van der Waals surface area contributed by atoms with Crippen molar-refractivity contribution in [2.24, 2.45) is 17.8 Å². The zero-order chi connectivity index (χ0) is 11.6. The maximum atomic E-state index is 3.88. The molecular formula is C15H29N. The summed E-state index contributed by atoms with van der Waals surface area (Å²) in [7, 11) is 0. The van der Waals surface area contributed by atoms with Gasteiger partial charge in [-0.3, -0.25) is 0 Å². The molecule has 0 amide bonds. The molecule has 2 rings (SSSR count). The van der Waals surface area contributed by atoms with E-state index in [1.807, 2.05) is 0 Å². The number of nitrogens with one attached hydrogen (secondary N) is 1. The fourth-order valence-electron chi connectivity index (χ4n) is 4.23. The lowest BCUT2D eigenvalue weighted by Gasteiger charge is -2.45. The largest absolute Gasteiger partial charge is 0.311 e. The molecule has 0 aromatic heterocycles. The number of rotatable bonds is 3. The lowest BCUT2D eigenvalue weighted by molar-refractivity contribution is 0.103. The average molecular weight is 223 g/mol. The minimum absolute atomic E-state index is 0.494. The summed E-state index contributed by atoms with van der Waals surface area (Å²) in [6, 6.07) is 0. The Kier molecular flexibility index (Phi) is 3.94. The predicted octanol–water partition coefficient (Wildman–Crippen LogP) is 3.98. The molecule has 0 aromatic carbocycles. The van der Waals surface area contributed by atoms with E-state index < -0.39 is 0 Å². The second kappa shape index (κ2) is 5.08. The van der Waals surface area contributed by atoms with Gasteiger partial charge in [0.2, 0.25) is 0 Å². The van der Waals surface area contributed by atoms with Crippen molar-refractivity contribution in [2.75, 3.05) is 6.54 Å². The van der Waals surface area contributed by atoms with Gasteiger partial charge in [-0.1, -0.05) is 40.0 Å². The van der Waals surface area contributed by atoms with Crippen LogP contribution in [0.15, 0.2) is 0 Å². The Labute approximate surface area is 101 Å². The molecular weight excluding hydrogens is 194 g/mol. The third kappa shape index (κ3) is 2.16. The van der Waals surface area contributed by atoms with Gasteiger partial charge >= 0.3 is 0 Å². The van der Waals surface area contributed by atoms with Crippen LogP contribution in [0.4, 0.5) is 0 Å². The third-order valence-electron chi connectivity index (χ3n) is 5.34. The molecule has 1 heterocycles. The number of hydrogen-bond acceptors (Lipinski definition) is 1. The first kappa shape index (κ1) is 12.4. The lowest BCUT2D eigenvalue weighted by Crippen LogP contribution is -2.52. The molecule has 0 radical (unpaired) electrons. The fourth-order valence-corrected chi connectivity index (χ4v) is 4.23. The number of hydrogen-bond donors (Lipinski definition) is 1. The highest BCUT2D eigenvalue weighted by molar-refractivity contribution is 5.01. The first-order valence-corrected chi connectivity index (χ1v) is 7.44. The standard InChI is InChI=1S/C15H29N/c1-4-13-7-5-8-14(11-13)15(12(2)3)9-6-10-16-15/h12-14,16H,4-11H2,1-3H3. The third-order valence-corrected chi connectivity index (χ3v) is 5.34. The highest BCUT2D eigenvalue weighted by atomic mass is 15.0. The summed E-state index contributed by atoms with van der Waals surface area (Å²) in [5.74, 6) is 2.76. The highest BCUT2D eigenvalue weighted by Crippen LogP contribution is 2.44. The van der Waals surface area contributed by atoms with Crippen LogP contribution >= 0.6 is 0 Å². The van der Waals surface area contributed by atoms with Gasteiger partial charge < -0.3 is 5.32 Å². The van der Waals surface area contributed by atoms with Crippen molar-refractivity contribution in [1.82, 2.24) is 5.32 Å². The SMILES string of the molecule is CCC1CCCC(C2(C(C)C)CCCN2)C1. The van der Waals surface area contributed by atoms with Gasteiger partial charge in [-0.15, -0.1) is 0 Å². The molecule has 0 aromatic rings. The van der Waals surface area contributed by atoms with Gasteiger partial charge in [-0.2, -0.15) is 0 Å². The van der Waals surface area contributed by atoms with E-state index in [0.29, 0.717) is 5.54 Å². The second-order valence-electron chi connectivity index (χ2n) is 6.36. The molecule has 0 spiro atoms. The van der Waals surface area contributed by atoms with Gasteiger partial charge in [-0.25, -0.2) is 0 Å². The van der Waals surface area contributed by atoms with E-state index in [2.05, 4.69) is 26.1 Å². The maximum absolute atomic E-state index is 3.88. The van der Waals surface area contributed by atoms with Crippen LogP contribution in [0.3, 0.4) is 0 Å². The zero-order valence-corrected chi connectivity index (χ0v) is 11.4. The zero-order valence-electron chi connectivity index (χ0n) is 11.4. The van der Waals surface area contributed by atoms with Crippen LogP contribution in [-0.4, -0.2) is 12.1 Å². The molecule has 16 heavy (non-hydrogen) atoms. The summed E-state index contributed by atoms with van der Waals surface area (Å²) in [4.78, 5) is 0. The molecule has 1 saturated carbocycles. The topological polar surface area (TPSA) is 12.0 Å². The Morgan fingerprint density at radius 3 is 2.62 bits per heavy atom. The van der Waals surface area contributed by atoms with Crippen LogP contribution in [0.25, 0.3) is 0 Å². The smallest absolute Gasteiger partial charge is 0.0233 e. The summed E-state index contributed by atoms with van der Waals surface area (Å²) in [5.41, 5.74) is 0.494. The van der Waals surface area contributed by atoms with Crippen molar-refractivity contribution in [2.45, 2.75) is 71.3 Å². The van der Waals surface area contributed by atoms with Crippen LogP contribution in [0.1, 0.15) is 65.7 Å². The second-order valence-corrected chi connectivity index (χ2v) is 6.36. The Hall–Kier alpha value is -0.0400. The summed E-state index contributed by atoms with van der Waals surface area (Å²) in [5, 5.41) is 3.88. The van der Waals surface area contributed by atoms with Crippen LogP contribution in [0, 0.1) is 17.8 Å². The minimum atomic E-state index is 0.494. The molecule has 1 heteroatoms. The van der Waals surface area contributed by atoms with Crippen molar-refractivity contribution in [3.63, 3.8) is 0 Å². The molecule has 2 fully saturated rings. The Morgan fingerprint density at radius 1 is 1.25 bits per heavy atom. The first-order chi connectivity index (χ1) is 7.69. The molecule has 1 N–H and O–H groups in total. The minimum Gasteiger partial charge on any atom is -0.311 e. The van der Waals surface area contributed by atoms with E-state index in [0.717, 1.165) is 17.8 Å². The average Bonchev–Trinajstić information content (AvgIpc) is 2.79. The van der Waals surface area contributed by atoms with E-state index in [1.165, 1.54) is 51.5 Å². The van der Waals surface area contributed by atoms with E-state index in [4.69, 9.17) is 0 Å². The van der Waals surface area contributed by atoms with Crippen LogP contribution in [0.5, 0.6) is 0 Å². The van der Waals surface area contributed by atoms with Crippen LogP contribution in [-0.2, 0) is 0 Å². The lowest BCUT2D eigenvalue weighted by atomic mass is 9.65. The molecule has 3 unspecified atom stereocenters. The van der Waals surface area contributed by atoms with Crippen molar-refractivity contribution >= 4 is 0 Å². The van der Waals surface area contributed by atoms with Crippen molar-refractivity contribution in [3.05, 3.63) is 0 Å². The van der Waals surface area contributed by atoms with Gasteiger partial charge in [0.05, 0.1) is 0 Å². The van der Waals surface area contributed by atoms with Crippen molar-refractivity contribution in [1.29, 1.82) is 0 Å². The fraction of sp³-hybridized carbons (Fsp3) is 1.00. The van der Waals surface area contributed by atoms with E-state index in [1.54, 1.807) is 0 Å². The molecule has 94 valence electrons. The summed E-state index contributed by atoms with van der Waals surface area (Å²) >= 11 is 0.